The highest BCUT2D eigenvalue weighted by atomic mass is 16.6. The number of alkyl carbamates (subject to hydrolysis) is 1. The molecular formula is C23H37N5O5. The summed E-state index contributed by atoms with van der Waals surface area (Å²) in [6, 6.07) is 6.37. The average molecular weight is 464 g/mol. The van der Waals surface area contributed by atoms with Gasteiger partial charge < -0.3 is 20.7 Å². The van der Waals surface area contributed by atoms with Crippen LogP contribution in [-0.2, 0) is 25.5 Å². The zero-order valence-electron chi connectivity index (χ0n) is 20.2. The topological polar surface area (TPSA) is 152 Å². The highest BCUT2D eigenvalue weighted by Crippen LogP contribution is 2.10. The molecule has 1 aromatic rings. The molecule has 10 heteroatoms. The molecule has 0 spiro atoms. The van der Waals surface area contributed by atoms with E-state index in [1.54, 1.807) is 20.8 Å². The summed E-state index contributed by atoms with van der Waals surface area (Å²) in [5, 5.41) is 7.81. The van der Waals surface area contributed by atoms with Gasteiger partial charge in [0.1, 0.15) is 23.7 Å². The van der Waals surface area contributed by atoms with Crippen molar-refractivity contribution < 1.29 is 23.9 Å². The fourth-order valence-corrected chi connectivity index (χ4v) is 2.96. The highest BCUT2D eigenvalue weighted by Gasteiger charge is 2.30. The summed E-state index contributed by atoms with van der Waals surface area (Å²) in [6.07, 6.45) is 0.0933. The van der Waals surface area contributed by atoms with Crippen LogP contribution in [0.1, 0.15) is 53.5 Å². The minimum Gasteiger partial charge on any atom is -0.444 e. The summed E-state index contributed by atoms with van der Waals surface area (Å²) in [4.78, 5) is 50.0. The lowest BCUT2D eigenvalue weighted by Crippen LogP contribution is -2.58. The van der Waals surface area contributed by atoms with E-state index in [4.69, 9.17) is 10.6 Å². The maximum atomic E-state index is 13.0. The van der Waals surface area contributed by atoms with Gasteiger partial charge in [0.2, 0.25) is 11.8 Å². The van der Waals surface area contributed by atoms with Gasteiger partial charge in [-0.25, -0.2) is 10.6 Å². The zero-order valence-corrected chi connectivity index (χ0v) is 20.2. The number of nitrogens with one attached hydrogen (secondary N) is 4. The molecule has 0 aliphatic heterocycles. The average Bonchev–Trinajstić information content (AvgIpc) is 2.75. The van der Waals surface area contributed by atoms with Crippen molar-refractivity contribution in [2.24, 2.45) is 11.8 Å². The Morgan fingerprint density at radius 2 is 1.55 bits per heavy atom. The lowest BCUT2D eigenvalue weighted by Gasteiger charge is -2.26. The van der Waals surface area contributed by atoms with E-state index in [0.29, 0.717) is 6.42 Å². The van der Waals surface area contributed by atoms with Crippen molar-refractivity contribution in [1.29, 1.82) is 0 Å². The molecule has 0 aliphatic rings. The molecule has 0 unspecified atom stereocenters. The Kier molecular flexibility index (Phi) is 10.8. The van der Waals surface area contributed by atoms with Crippen molar-refractivity contribution in [3.05, 3.63) is 35.9 Å². The van der Waals surface area contributed by atoms with Gasteiger partial charge in [0, 0.05) is 6.42 Å². The lowest BCUT2D eigenvalue weighted by molar-refractivity contribution is -0.133. The van der Waals surface area contributed by atoms with Crippen LogP contribution in [0.5, 0.6) is 0 Å². The fourth-order valence-electron chi connectivity index (χ4n) is 2.96. The lowest BCUT2D eigenvalue weighted by atomic mass is 9.98. The molecule has 1 rings (SSSR count). The number of rotatable bonds is 10. The van der Waals surface area contributed by atoms with E-state index in [1.807, 2.05) is 49.6 Å². The minimum atomic E-state index is -0.977. The second-order valence-electron chi connectivity index (χ2n) is 9.00. The molecule has 33 heavy (non-hydrogen) atoms. The van der Waals surface area contributed by atoms with Crippen molar-refractivity contribution in [1.82, 2.24) is 21.4 Å². The molecule has 0 aliphatic carbocycles. The molecule has 10 nitrogen and oxygen atoms in total. The largest absolute Gasteiger partial charge is 0.444 e. The molecule has 0 bridgehead atoms. The molecular weight excluding hydrogens is 426 g/mol. The molecule has 0 saturated heterocycles. The zero-order chi connectivity index (χ0) is 25.2. The quantitative estimate of drug-likeness (QED) is 0.199. The number of benzene rings is 1. The molecule has 4 atom stereocenters. The van der Waals surface area contributed by atoms with Gasteiger partial charge in [-0.3, -0.25) is 19.8 Å². The molecule has 0 radical (unpaired) electrons. The Morgan fingerprint density at radius 3 is 2.06 bits per heavy atom. The van der Waals surface area contributed by atoms with Crippen molar-refractivity contribution in [2.75, 3.05) is 0 Å². The first kappa shape index (κ1) is 27.9. The highest BCUT2D eigenvalue weighted by molar-refractivity contribution is 5.93. The number of hydrazine groups is 1. The Labute approximate surface area is 195 Å². The van der Waals surface area contributed by atoms with Gasteiger partial charge in [0.15, 0.2) is 0 Å². The van der Waals surface area contributed by atoms with Gasteiger partial charge in [-0.05, 0) is 39.2 Å². The van der Waals surface area contributed by atoms with E-state index < -0.39 is 47.5 Å². The van der Waals surface area contributed by atoms with E-state index in [9.17, 15) is 19.2 Å². The third-order valence-electron chi connectivity index (χ3n) is 4.98. The predicted molar refractivity (Wildman–Crippen MR) is 125 cm³/mol. The normalized spacial score (nSPS) is 14.8. The van der Waals surface area contributed by atoms with Crippen molar-refractivity contribution in [2.45, 2.75) is 78.1 Å². The van der Waals surface area contributed by atoms with Gasteiger partial charge in [-0.1, -0.05) is 50.6 Å². The van der Waals surface area contributed by atoms with Crippen LogP contribution in [0.15, 0.2) is 30.3 Å². The van der Waals surface area contributed by atoms with E-state index in [1.165, 1.54) is 6.92 Å². The van der Waals surface area contributed by atoms with Gasteiger partial charge in [-0.2, -0.15) is 0 Å². The number of ether oxygens (including phenoxy) is 1. The van der Waals surface area contributed by atoms with E-state index in [2.05, 4.69) is 16.0 Å². The van der Waals surface area contributed by atoms with Gasteiger partial charge >= 0.3 is 6.09 Å². The van der Waals surface area contributed by atoms with E-state index >= 15 is 0 Å². The van der Waals surface area contributed by atoms with E-state index in [-0.39, 0.29) is 12.3 Å². The smallest absolute Gasteiger partial charge is 0.408 e. The first-order valence-corrected chi connectivity index (χ1v) is 11.0. The Hall–Kier alpha value is -3.14. The molecule has 184 valence electrons. The van der Waals surface area contributed by atoms with Crippen molar-refractivity contribution in [3.8, 4) is 0 Å². The molecule has 0 saturated carbocycles. The van der Waals surface area contributed by atoms with E-state index in [0.717, 1.165) is 5.56 Å². The van der Waals surface area contributed by atoms with Gasteiger partial charge in [-0.15, -0.1) is 0 Å². The third kappa shape index (κ3) is 9.90. The Balaban J connectivity index is 2.91. The minimum absolute atomic E-state index is 0.167. The van der Waals surface area contributed by atoms with Crippen LogP contribution in [-0.4, -0.2) is 47.5 Å². The van der Waals surface area contributed by atoms with Crippen LogP contribution in [0.3, 0.4) is 0 Å². The van der Waals surface area contributed by atoms with Crippen molar-refractivity contribution in [3.63, 3.8) is 0 Å². The third-order valence-corrected chi connectivity index (χ3v) is 4.98. The van der Waals surface area contributed by atoms with Crippen LogP contribution in [0.2, 0.25) is 0 Å². The second-order valence-corrected chi connectivity index (χ2v) is 9.00. The Bertz CT molecular complexity index is 809. The first-order valence-electron chi connectivity index (χ1n) is 11.0. The number of nitrogens with two attached hydrogens (primary N) is 1. The molecule has 0 heterocycles. The number of hydrogen-bond acceptors (Lipinski definition) is 6. The summed E-state index contributed by atoms with van der Waals surface area (Å²) < 4.78 is 5.27. The standard InChI is InChI=1S/C23H37N5O5/c1-7-14(2)18(21(31)28-24)27-19(29)15(3)25-20(30)17(13-16-11-9-8-10-12-16)26-22(32)33-23(4,5)6/h8-12,14-15,17-18H,7,13,24H2,1-6H3,(H,25,30)(H,26,32)(H,27,29)(H,28,31)/t14-,15+,17-,18-/m0/s1. The van der Waals surface area contributed by atoms with Crippen LogP contribution in [0.25, 0.3) is 0 Å². The van der Waals surface area contributed by atoms with Crippen LogP contribution in [0, 0.1) is 5.92 Å². The maximum absolute atomic E-state index is 13.0. The molecule has 4 amide bonds. The summed E-state index contributed by atoms with van der Waals surface area (Å²) >= 11 is 0. The molecule has 6 N–H and O–H groups in total. The monoisotopic (exact) mass is 463 g/mol. The molecule has 0 fully saturated rings. The van der Waals surface area contributed by atoms with Crippen molar-refractivity contribution >= 4 is 23.8 Å². The maximum Gasteiger partial charge on any atom is 0.408 e. The Morgan fingerprint density at radius 1 is 0.939 bits per heavy atom. The van der Waals surface area contributed by atoms with Gasteiger partial charge in [0.05, 0.1) is 0 Å². The fraction of sp³-hybridized carbons (Fsp3) is 0.565. The first-order chi connectivity index (χ1) is 15.4. The van der Waals surface area contributed by atoms with Crippen LogP contribution >= 0.6 is 0 Å². The second kappa shape index (κ2) is 12.8. The summed E-state index contributed by atoms with van der Waals surface area (Å²) in [5.74, 6) is 3.43. The van der Waals surface area contributed by atoms with Crippen LogP contribution < -0.4 is 27.2 Å². The van der Waals surface area contributed by atoms with Gasteiger partial charge in [0.25, 0.3) is 5.91 Å². The summed E-state index contributed by atoms with van der Waals surface area (Å²) in [7, 11) is 0. The number of amides is 4. The summed E-state index contributed by atoms with van der Waals surface area (Å²) in [5.41, 5.74) is 2.13. The number of hydrogen-bond donors (Lipinski definition) is 5. The SMILES string of the molecule is CC[C@H](C)[C@H](NC(=O)[C@@H](C)NC(=O)[C@H](Cc1ccccc1)NC(=O)OC(C)(C)C)C(=O)NN. The molecule has 1 aromatic carbocycles. The van der Waals surface area contributed by atoms with Crippen LogP contribution in [0.4, 0.5) is 4.79 Å². The number of carbonyl (C=O) groups is 4. The number of carbonyl (C=O) groups excluding carboxylic acids is 4. The predicted octanol–water partition coefficient (Wildman–Crippen LogP) is 1.15. The molecule has 0 aromatic heterocycles. The summed E-state index contributed by atoms with van der Waals surface area (Å²) in [6.45, 7) is 10.3.